The molecule has 1 aliphatic rings. The van der Waals surface area contributed by atoms with Gasteiger partial charge in [-0.15, -0.1) is 36.2 Å². The average Bonchev–Trinajstić information content (AvgIpc) is 3.02. The van der Waals surface area contributed by atoms with E-state index in [1.807, 2.05) is 29.6 Å². The molecule has 1 aromatic heterocycles. The first kappa shape index (κ1) is 23.2. The lowest BCUT2D eigenvalue weighted by molar-refractivity contribution is -0.121. The van der Waals surface area contributed by atoms with Gasteiger partial charge in [-0.25, -0.2) is 4.98 Å². The Morgan fingerprint density at radius 2 is 2.00 bits per heavy atom. The Labute approximate surface area is 175 Å². The SMILES string of the molecule is CC1(CNC(=O)Cc2csc(-c3ccccc3Cl)n2)CCNCC1.Cl.Cl. The van der Waals surface area contributed by atoms with E-state index in [1.54, 1.807) is 0 Å². The quantitative estimate of drug-likeness (QED) is 0.732. The van der Waals surface area contributed by atoms with Crippen LogP contribution >= 0.6 is 47.8 Å². The van der Waals surface area contributed by atoms with Gasteiger partial charge in [0.05, 0.1) is 17.1 Å². The molecule has 1 aliphatic heterocycles. The Morgan fingerprint density at radius 1 is 1.31 bits per heavy atom. The molecule has 8 heteroatoms. The number of rotatable bonds is 5. The van der Waals surface area contributed by atoms with E-state index in [0.717, 1.165) is 48.7 Å². The summed E-state index contributed by atoms with van der Waals surface area (Å²) in [5, 5.41) is 9.90. The molecule has 0 saturated carbocycles. The minimum absolute atomic E-state index is 0. The Bertz CT molecular complexity index is 717. The van der Waals surface area contributed by atoms with Crippen LogP contribution in [0.3, 0.4) is 0 Å². The Kier molecular flexibility index (Phi) is 9.34. The van der Waals surface area contributed by atoms with Gasteiger partial charge in [0.1, 0.15) is 5.01 Å². The van der Waals surface area contributed by atoms with Gasteiger partial charge in [-0.3, -0.25) is 4.79 Å². The van der Waals surface area contributed by atoms with Crippen LogP contribution < -0.4 is 10.6 Å². The largest absolute Gasteiger partial charge is 0.355 e. The lowest BCUT2D eigenvalue weighted by Crippen LogP contribution is -2.43. The van der Waals surface area contributed by atoms with Crippen LogP contribution in [0.4, 0.5) is 0 Å². The maximum Gasteiger partial charge on any atom is 0.226 e. The first-order valence-electron chi connectivity index (χ1n) is 8.22. The molecule has 26 heavy (non-hydrogen) atoms. The van der Waals surface area contributed by atoms with Crippen LogP contribution in [0.25, 0.3) is 10.6 Å². The smallest absolute Gasteiger partial charge is 0.226 e. The second-order valence-electron chi connectivity index (χ2n) is 6.64. The van der Waals surface area contributed by atoms with Crippen molar-refractivity contribution in [3.8, 4) is 10.6 Å². The highest BCUT2D eigenvalue weighted by Gasteiger charge is 2.27. The number of halogens is 3. The van der Waals surface area contributed by atoms with Gasteiger partial charge in [-0.1, -0.05) is 36.7 Å². The van der Waals surface area contributed by atoms with Crippen LogP contribution in [0.5, 0.6) is 0 Å². The Balaban J connectivity index is 0.00000169. The van der Waals surface area contributed by atoms with Gasteiger partial charge in [-0.05, 0) is 37.4 Å². The van der Waals surface area contributed by atoms with Crippen molar-refractivity contribution in [1.82, 2.24) is 15.6 Å². The van der Waals surface area contributed by atoms with E-state index in [9.17, 15) is 4.79 Å². The fourth-order valence-electron chi connectivity index (χ4n) is 2.89. The maximum atomic E-state index is 12.2. The van der Waals surface area contributed by atoms with Gasteiger partial charge >= 0.3 is 0 Å². The van der Waals surface area contributed by atoms with Crippen LogP contribution in [0.2, 0.25) is 5.02 Å². The van der Waals surface area contributed by atoms with Crippen molar-refractivity contribution in [1.29, 1.82) is 0 Å². The number of carbonyl (C=O) groups is 1. The van der Waals surface area contributed by atoms with Gasteiger partial charge in [-0.2, -0.15) is 0 Å². The summed E-state index contributed by atoms with van der Waals surface area (Å²) < 4.78 is 0. The van der Waals surface area contributed by atoms with Gasteiger partial charge < -0.3 is 10.6 Å². The molecule has 4 nitrogen and oxygen atoms in total. The summed E-state index contributed by atoms with van der Waals surface area (Å²) in [5.41, 5.74) is 1.91. The number of benzene rings is 1. The predicted octanol–water partition coefficient (Wildman–Crippen LogP) is 4.36. The second kappa shape index (κ2) is 10.5. The standard InChI is InChI=1S/C18H22ClN3OS.2ClH/c1-18(6-8-20-9-7-18)12-21-16(23)10-13-11-24-17(22-13)14-4-2-3-5-15(14)19;;/h2-5,11,20H,6-10,12H2,1H3,(H,21,23);2*1H. The number of carbonyl (C=O) groups excluding carboxylic acids is 1. The van der Waals surface area contributed by atoms with E-state index in [4.69, 9.17) is 11.6 Å². The first-order valence-corrected chi connectivity index (χ1v) is 9.48. The molecule has 2 N–H and O–H groups in total. The lowest BCUT2D eigenvalue weighted by atomic mass is 9.81. The zero-order valence-corrected chi connectivity index (χ0v) is 17.8. The summed E-state index contributed by atoms with van der Waals surface area (Å²) in [5.74, 6) is 0.0331. The highest BCUT2D eigenvalue weighted by Crippen LogP contribution is 2.30. The van der Waals surface area contributed by atoms with Crippen molar-refractivity contribution in [3.05, 3.63) is 40.4 Å². The molecule has 2 aromatic rings. The van der Waals surface area contributed by atoms with Crippen molar-refractivity contribution in [2.45, 2.75) is 26.2 Å². The molecule has 1 amide bonds. The minimum Gasteiger partial charge on any atom is -0.355 e. The molecule has 3 rings (SSSR count). The van der Waals surface area contributed by atoms with Crippen LogP contribution in [-0.4, -0.2) is 30.5 Å². The van der Waals surface area contributed by atoms with E-state index < -0.39 is 0 Å². The fourth-order valence-corrected chi connectivity index (χ4v) is 4.03. The molecule has 0 bridgehead atoms. The number of hydrogen-bond donors (Lipinski definition) is 2. The zero-order valence-electron chi connectivity index (χ0n) is 14.6. The number of aromatic nitrogens is 1. The summed E-state index contributed by atoms with van der Waals surface area (Å²) in [6, 6.07) is 7.64. The van der Waals surface area contributed by atoms with Gasteiger partial charge in [0.15, 0.2) is 0 Å². The summed E-state index contributed by atoms with van der Waals surface area (Å²) in [7, 11) is 0. The molecule has 1 aromatic carbocycles. The minimum atomic E-state index is 0. The molecular weight excluding hydrogens is 413 g/mol. The molecule has 0 spiro atoms. The number of hydrogen-bond acceptors (Lipinski definition) is 4. The van der Waals surface area contributed by atoms with Crippen molar-refractivity contribution >= 4 is 53.7 Å². The molecule has 144 valence electrons. The summed E-state index contributed by atoms with van der Waals surface area (Å²) in [6.07, 6.45) is 2.51. The van der Waals surface area contributed by atoms with E-state index in [2.05, 4.69) is 22.5 Å². The highest BCUT2D eigenvalue weighted by molar-refractivity contribution is 7.13. The van der Waals surface area contributed by atoms with E-state index in [-0.39, 0.29) is 36.1 Å². The highest BCUT2D eigenvalue weighted by atomic mass is 35.5. The maximum absolute atomic E-state index is 12.2. The third-order valence-corrected chi connectivity index (χ3v) is 5.77. The van der Waals surface area contributed by atoms with Gasteiger partial charge in [0, 0.05) is 17.5 Å². The number of piperidine rings is 1. The fraction of sp³-hybridized carbons (Fsp3) is 0.444. The second-order valence-corrected chi connectivity index (χ2v) is 7.90. The molecule has 0 atom stereocenters. The van der Waals surface area contributed by atoms with Crippen molar-refractivity contribution < 1.29 is 4.79 Å². The van der Waals surface area contributed by atoms with Crippen LogP contribution in [-0.2, 0) is 11.2 Å². The van der Waals surface area contributed by atoms with Crippen molar-refractivity contribution in [3.63, 3.8) is 0 Å². The van der Waals surface area contributed by atoms with Gasteiger partial charge in [0.2, 0.25) is 5.91 Å². The van der Waals surface area contributed by atoms with E-state index in [1.165, 1.54) is 11.3 Å². The van der Waals surface area contributed by atoms with Crippen LogP contribution in [0, 0.1) is 5.41 Å². The Morgan fingerprint density at radius 3 is 2.69 bits per heavy atom. The van der Waals surface area contributed by atoms with E-state index in [0.29, 0.717) is 11.4 Å². The number of nitrogens with one attached hydrogen (secondary N) is 2. The third kappa shape index (κ3) is 6.10. The van der Waals surface area contributed by atoms with Crippen molar-refractivity contribution in [2.24, 2.45) is 5.41 Å². The normalized spacial score (nSPS) is 15.5. The summed E-state index contributed by atoms with van der Waals surface area (Å²) in [4.78, 5) is 16.8. The molecular formula is C18H24Cl3N3OS. The molecule has 2 heterocycles. The number of thiazole rings is 1. The average molecular weight is 437 g/mol. The monoisotopic (exact) mass is 435 g/mol. The van der Waals surface area contributed by atoms with E-state index >= 15 is 0 Å². The van der Waals surface area contributed by atoms with Crippen LogP contribution in [0.1, 0.15) is 25.5 Å². The molecule has 0 unspecified atom stereocenters. The predicted molar refractivity (Wildman–Crippen MR) is 114 cm³/mol. The summed E-state index contributed by atoms with van der Waals surface area (Å²) >= 11 is 7.73. The molecule has 1 saturated heterocycles. The number of nitrogens with zero attached hydrogens (tertiary/aromatic N) is 1. The topological polar surface area (TPSA) is 54.0 Å². The molecule has 0 aliphatic carbocycles. The van der Waals surface area contributed by atoms with Gasteiger partial charge in [0.25, 0.3) is 0 Å². The first-order chi connectivity index (χ1) is 11.6. The third-order valence-electron chi connectivity index (χ3n) is 4.52. The Hall–Kier alpha value is -0.850. The van der Waals surface area contributed by atoms with Crippen molar-refractivity contribution in [2.75, 3.05) is 19.6 Å². The zero-order chi connectivity index (χ0) is 17.0. The molecule has 0 radical (unpaired) electrons. The van der Waals surface area contributed by atoms with Crippen LogP contribution in [0.15, 0.2) is 29.6 Å². The lowest BCUT2D eigenvalue weighted by Gasteiger charge is -2.34. The molecule has 1 fully saturated rings. The summed E-state index contributed by atoms with van der Waals surface area (Å²) in [6.45, 7) is 5.03. The number of amides is 1.